The second-order valence-corrected chi connectivity index (χ2v) is 6.40. The quantitative estimate of drug-likeness (QED) is 0.753. The molecule has 1 N–H and O–H groups in total. The summed E-state index contributed by atoms with van der Waals surface area (Å²) in [5.41, 5.74) is 0. The number of carbonyl (C=O) groups is 1. The van der Waals surface area contributed by atoms with Gasteiger partial charge in [-0.05, 0) is 43.4 Å². The summed E-state index contributed by atoms with van der Waals surface area (Å²) in [4.78, 5) is 14.5. The molecule has 2 bridgehead atoms. The molecule has 0 aromatic rings. The van der Waals surface area contributed by atoms with Gasteiger partial charge in [0.1, 0.15) is 0 Å². The molecular formula is C14H23NO2. The van der Waals surface area contributed by atoms with E-state index in [1.165, 1.54) is 19.3 Å². The number of carbonyl (C=O) groups excluding carboxylic acids is 1. The maximum absolute atomic E-state index is 12.5. The summed E-state index contributed by atoms with van der Waals surface area (Å²) in [5, 5.41) is 9.71. The Morgan fingerprint density at radius 3 is 2.65 bits per heavy atom. The molecule has 0 radical (unpaired) electrons. The highest BCUT2D eigenvalue weighted by atomic mass is 16.3. The predicted octanol–water partition coefficient (Wildman–Crippen LogP) is 1.65. The van der Waals surface area contributed by atoms with Crippen molar-refractivity contribution in [2.45, 2.75) is 45.1 Å². The van der Waals surface area contributed by atoms with Gasteiger partial charge >= 0.3 is 0 Å². The lowest BCUT2D eigenvalue weighted by Gasteiger charge is -2.37. The van der Waals surface area contributed by atoms with Gasteiger partial charge in [-0.15, -0.1) is 0 Å². The van der Waals surface area contributed by atoms with E-state index < -0.39 is 0 Å². The summed E-state index contributed by atoms with van der Waals surface area (Å²) in [6.45, 7) is 3.57. The minimum Gasteiger partial charge on any atom is -0.393 e. The molecule has 5 unspecified atom stereocenters. The summed E-state index contributed by atoms with van der Waals surface area (Å²) in [7, 11) is 0. The first kappa shape index (κ1) is 11.5. The maximum Gasteiger partial charge on any atom is 0.225 e. The van der Waals surface area contributed by atoms with Crippen LogP contribution in [0.2, 0.25) is 0 Å². The van der Waals surface area contributed by atoms with E-state index in [0.717, 1.165) is 31.8 Å². The van der Waals surface area contributed by atoms with E-state index in [-0.39, 0.29) is 12.0 Å². The topological polar surface area (TPSA) is 40.5 Å². The first-order valence-corrected chi connectivity index (χ1v) is 7.12. The van der Waals surface area contributed by atoms with E-state index in [1.54, 1.807) is 0 Å². The lowest BCUT2D eigenvalue weighted by atomic mass is 9.86. The van der Waals surface area contributed by atoms with E-state index in [9.17, 15) is 9.90 Å². The molecule has 2 saturated carbocycles. The molecule has 96 valence electrons. The van der Waals surface area contributed by atoms with Crippen LogP contribution in [0.25, 0.3) is 0 Å². The predicted molar refractivity (Wildman–Crippen MR) is 65.3 cm³/mol. The van der Waals surface area contributed by atoms with Gasteiger partial charge in [-0.1, -0.05) is 13.3 Å². The minimum atomic E-state index is -0.209. The fraction of sp³-hybridized carbons (Fsp3) is 0.929. The van der Waals surface area contributed by atoms with Crippen LogP contribution in [0.3, 0.4) is 0 Å². The fourth-order valence-corrected chi connectivity index (χ4v) is 4.12. The Kier molecular flexibility index (Phi) is 2.89. The molecule has 1 amide bonds. The van der Waals surface area contributed by atoms with Crippen LogP contribution < -0.4 is 0 Å². The van der Waals surface area contributed by atoms with Crippen LogP contribution >= 0.6 is 0 Å². The second kappa shape index (κ2) is 4.27. The highest BCUT2D eigenvalue weighted by molar-refractivity contribution is 5.79. The Morgan fingerprint density at radius 2 is 2.06 bits per heavy atom. The van der Waals surface area contributed by atoms with Gasteiger partial charge in [0.05, 0.1) is 6.10 Å². The van der Waals surface area contributed by atoms with Crippen LogP contribution in [0.5, 0.6) is 0 Å². The standard InChI is InChI=1S/C14H23NO2/c1-9-8-15(5-4-13(9)16)14(17)12-7-10-2-3-11(12)6-10/h9-13,16H,2-8H2,1H3. The molecule has 1 saturated heterocycles. The largest absolute Gasteiger partial charge is 0.393 e. The first-order chi connectivity index (χ1) is 8.15. The average molecular weight is 237 g/mol. The van der Waals surface area contributed by atoms with E-state index >= 15 is 0 Å². The number of aliphatic hydroxyl groups excluding tert-OH is 1. The van der Waals surface area contributed by atoms with Crippen molar-refractivity contribution in [1.29, 1.82) is 0 Å². The van der Waals surface area contributed by atoms with Crippen molar-refractivity contribution in [3.05, 3.63) is 0 Å². The average Bonchev–Trinajstić information content (AvgIpc) is 2.93. The van der Waals surface area contributed by atoms with Crippen molar-refractivity contribution >= 4 is 5.91 Å². The van der Waals surface area contributed by atoms with E-state index in [2.05, 4.69) is 0 Å². The number of aliphatic hydroxyl groups is 1. The smallest absolute Gasteiger partial charge is 0.225 e. The summed E-state index contributed by atoms with van der Waals surface area (Å²) < 4.78 is 0. The van der Waals surface area contributed by atoms with Crippen LogP contribution in [0.15, 0.2) is 0 Å². The lowest BCUT2D eigenvalue weighted by molar-refractivity contribution is -0.140. The molecule has 3 heteroatoms. The van der Waals surface area contributed by atoms with Crippen molar-refractivity contribution in [3.63, 3.8) is 0 Å². The molecule has 0 aromatic heterocycles. The van der Waals surface area contributed by atoms with Crippen LogP contribution in [0, 0.1) is 23.7 Å². The van der Waals surface area contributed by atoms with Gasteiger partial charge in [0, 0.05) is 19.0 Å². The molecule has 3 rings (SSSR count). The number of hydrogen-bond donors (Lipinski definition) is 1. The van der Waals surface area contributed by atoms with Crippen LogP contribution in [-0.2, 0) is 4.79 Å². The van der Waals surface area contributed by atoms with Gasteiger partial charge in [0.25, 0.3) is 0 Å². The number of nitrogens with zero attached hydrogens (tertiary/aromatic N) is 1. The summed E-state index contributed by atoms with van der Waals surface area (Å²) in [5.74, 6) is 2.45. The van der Waals surface area contributed by atoms with Crippen molar-refractivity contribution < 1.29 is 9.90 Å². The highest BCUT2D eigenvalue weighted by Gasteiger charge is 2.45. The van der Waals surface area contributed by atoms with Gasteiger partial charge in [-0.3, -0.25) is 4.79 Å². The summed E-state index contributed by atoms with van der Waals surface area (Å²) in [6, 6.07) is 0. The van der Waals surface area contributed by atoms with Gasteiger partial charge in [-0.2, -0.15) is 0 Å². The molecule has 0 aromatic carbocycles. The molecule has 17 heavy (non-hydrogen) atoms. The third-order valence-corrected chi connectivity index (χ3v) is 5.23. The number of amides is 1. The lowest BCUT2D eigenvalue weighted by Crippen LogP contribution is -2.47. The molecule has 1 aliphatic heterocycles. The summed E-state index contributed by atoms with van der Waals surface area (Å²) in [6.07, 6.45) is 5.60. The Hall–Kier alpha value is -0.570. The minimum absolute atomic E-state index is 0.209. The molecule has 3 fully saturated rings. The third kappa shape index (κ3) is 1.99. The van der Waals surface area contributed by atoms with Gasteiger partial charge in [-0.25, -0.2) is 0 Å². The third-order valence-electron chi connectivity index (χ3n) is 5.23. The number of piperidine rings is 1. The molecule has 1 heterocycles. The Bertz CT molecular complexity index is 317. The molecule has 2 aliphatic carbocycles. The number of hydrogen-bond acceptors (Lipinski definition) is 2. The van der Waals surface area contributed by atoms with Gasteiger partial charge in [0.15, 0.2) is 0 Å². The van der Waals surface area contributed by atoms with Crippen molar-refractivity contribution in [2.75, 3.05) is 13.1 Å². The van der Waals surface area contributed by atoms with E-state index in [1.807, 2.05) is 11.8 Å². The zero-order chi connectivity index (χ0) is 12.0. The number of rotatable bonds is 1. The Labute approximate surface area is 103 Å². The van der Waals surface area contributed by atoms with E-state index in [0.29, 0.717) is 17.7 Å². The zero-order valence-corrected chi connectivity index (χ0v) is 10.6. The first-order valence-electron chi connectivity index (χ1n) is 7.12. The van der Waals surface area contributed by atoms with Gasteiger partial charge in [0.2, 0.25) is 5.91 Å². The normalized spacial score (nSPS) is 45.3. The molecule has 5 atom stereocenters. The van der Waals surface area contributed by atoms with Gasteiger partial charge < -0.3 is 10.0 Å². The SMILES string of the molecule is CC1CN(C(=O)C2CC3CCC2C3)CCC1O. The second-order valence-electron chi connectivity index (χ2n) is 6.40. The van der Waals surface area contributed by atoms with Crippen molar-refractivity contribution in [2.24, 2.45) is 23.7 Å². The van der Waals surface area contributed by atoms with Crippen LogP contribution in [0.4, 0.5) is 0 Å². The number of fused-ring (bicyclic) bond motifs is 2. The van der Waals surface area contributed by atoms with Crippen LogP contribution in [-0.4, -0.2) is 35.1 Å². The Balaban J connectivity index is 1.63. The highest BCUT2D eigenvalue weighted by Crippen LogP contribution is 2.49. The van der Waals surface area contributed by atoms with Crippen LogP contribution in [0.1, 0.15) is 39.0 Å². The van der Waals surface area contributed by atoms with E-state index in [4.69, 9.17) is 0 Å². The molecule has 3 aliphatic rings. The number of likely N-dealkylation sites (tertiary alicyclic amines) is 1. The maximum atomic E-state index is 12.5. The monoisotopic (exact) mass is 237 g/mol. The van der Waals surface area contributed by atoms with Crippen molar-refractivity contribution in [1.82, 2.24) is 4.90 Å². The van der Waals surface area contributed by atoms with Crippen molar-refractivity contribution in [3.8, 4) is 0 Å². The Morgan fingerprint density at radius 1 is 1.24 bits per heavy atom. The molecule has 0 spiro atoms. The molecular weight excluding hydrogens is 214 g/mol. The molecule has 3 nitrogen and oxygen atoms in total. The summed E-state index contributed by atoms with van der Waals surface area (Å²) >= 11 is 0. The fourth-order valence-electron chi connectivity index (χ4n) is 4.12. The zero-order valence-electron chi connectivity index (χ0n) is 10.6.